The molecule has 1 atom stereocenters. The predicted molar refractivity (Wildman–Crippen MR) is 67.7 cm³/mol. The first-order valence-corrected chi connectivity index (χ1v) is 6.26. The average Bonchev–Trinajstić information content (AvgIpc) is 2.57. The van der Waals surface area contributed by atoms with Gasteiger partial charge >= 0.3 is 0 Å². The van der Waals surface area contributed by atoms with E-state index in [9.17, 15) is 4.79 Å². The topological polar surface area (TPSA) is 61.9 Å². The normalized spacial score (nSPS) is 26.4. The molecule has 2 aliphatic heterocycles. The number of fused-ring (bicyclic) bond motifs is 1. The zero-order valence-electron chi connectivity index (χ0n) is 10.9. The van der Waals surface area contributed by atoms with Crippen molar-refractivity contribution >= 4 is 11.9 Å². The third-order valence-electron chi connectivity index (χ3n) is 3.27. The van der Waals surface area contributed by atoms with E-state index in [1.165, 1.54) is 0 Å². The van der Waals surface area contributed by atoms with Gasteiger partial charge in [0, 0.05) is 32.1 Å². The quantitative estimate of drug-likeness (QED) is 0.491. The number of rotatable bonds is 0. The second-order valence-corrected chi connectivity index (χ2v) is 5.87. The summed E-state index contributed by atoms with van der Waals surface area (Å²) in [5.74, 6) is 0.900. The van der Waals surface area contributed by atoms with Crippen LogP contribution in [-0.2, 0) is 4.79 Å². The highest BCUT2D eigenvalue weighted by molar-refractivity contribution is 5.81. The fourth-order valence-electron chi connectivity index (χ4n) is 2.49. The summed E-state index contributed by atoms with van der Waals surface area (Å²) in [5, 5.41) is 0. The van der Waals surface area contributed by atoms with Crippen molar-refractivity contribution in [1.82, 2.24) is 9.80 Å². The smallest absolute Gasteiger partial charge is 0.223 e. The van der Waals surface area contributed by atoms with Crippen molar-refractivity contribution in [1.29, 1.82) is 0 Å². The Hall–Kier alpha value is -1.26. The highest BCUT2D eigenvalue weighted by Crippen LogP contribution is 2.22. The van der Waals surface area contributed by atoms with Crippen molar-refractivity contribution in [3.63, 3.8) is 0 Å². The number of hydrogen-bond acceptors (Lipinski definition) is 2. The van der Waals surface area contributed by atoms with Gasteiger partial charge in [0.2, 0.25) is 5.91 Å². The van der Waals surface area contributed by atoms with Crippen LogP contribution in [0.1, 0.15) is 33.6 Å². The van der Waals surface area contributed by atoms with Gasteiger partial charge in [0.15, 0.2) is 5.96 Å². The van der Waals surface area contributed by atoms with Gasteiger partial charge in [0.05, 0.1) is 5.54 Å². The molecule has 0 aromatic rings. The Morgan fingerprint density at radius 1 is 1.41 bits per heavy atom. The Labute approximate surface area is 103 Å². The molecule has 1 unspecified atom stereocenters. The maximum absolute atomic E-state index is 11.6. The van der Waals surface area contributed by atoms with Crippen LogP contribution in [-0.4, -0.2) is 52.9 Å². The summed E-state index contributed by atoms with van der Waals surface area (Å²) < 4.78 is 0. The average molecular weight is 238 g/mol. The van der Waals surface area contributed by atoms with Crippen LogP contribution in [0.2, 0.25) is 0 Å². The number of piperazine rings is 1. The molecule has 1 amide bonds. The summed E-state index contributed by atoms with van der Waals surface area (Å²) in [5.41, 5.74) is 5.88. The van der Waals surface area contributed by atoms with Crippen molar-refractivity contribution in [2.45, 2.75) is 45.2 Å². The summed E-state index contributed by atoms with van der Waals surface area (Å²) in [4.78, 5) is 20.1. The van der Waals surface area contributed by atoms with Crippen LogP contribution >= 0.6 is 0 Å². The van der Waals surface area contributed by atoms with Crippen molar-refractivity contribution in [2.24, 2.45) is 10.7 Å². The number of nitrogens with two attached hydrogens (primary N) is 1. The van der Waals surface area contributed by atoms with Crippen molar-refractivity contribution in [3.05, 3.63) is 0 Å². The van der Waals surface area contributed by atoms with E-state index < -0.39 is 0 Å². The molecule has 5 nitrogen and oxygen atoms in total. The van der Waals surface area contributed by atoms with E-state index in [0.29, 0.717) is 24.3 Å². The molecule has 0 aromatic carbocycles. The molecule has 2 fully saturated rings. The highest BCUT2D eigenvalue weighted by Gasteiger charge is 2.36. The van der Waals surface area contributed by atoms with Crippen molar-refractivity contribution in [2.75, 3.05) is 19.6 Å². The van der Waals surface area contributed by atoms with Crippen LogP contribution in [0.4, 0.5) is 0 Å². The molecule has 2 aliphatic rings. The molecule has 0 spiro atoms. The third-order valence-corrected chi connectivity index (χ3v) is 3.27. The number of amides is 1. The standard InChI is InChI=1S/C12H22N4O/c1-12(2,3)14-11(13)15-6-7-16-9(8-15)4-5-10(16)17/h9H,4-8H2,1-3H3,(H2,13,14). The van der Waals surface area contributed by atoms with E-state index in [2.05, 4.69) is 9.89 Å². The maximum atomic E-state index is 11.6. The van der Waals surface area contributed by atoms with E-state index in [-0.39, 0.29) is 5.54 Å². The summed E-state index contributed by atoms with van der Waals surface area (Å²) in [7, 11) is 0. The number of guanidine groups is 1. The Balaban J connectivity index is 2.02. The van der Waals surface area contributed by atoms with Crippen LogP contribution in [0.3, 0.4) is 0 Å². The van der Waals surface area contributed by atoms with Gasteiger partial charge in [-0.05, 0) is 27.2 Å². The molecule has 0 aromatic heterocycles. The summed E-state index contributed by atoms with van der Waals surface area (Å²) in [6.07, 6.45) is 1.65. The highest BCUT2D eigenvalue weighted by atomic mass is 16.2. The summed E-state index contributed by atoms with van der Waals surface area (Å²) >= 11 is 0. The number of carbonyl (C=O) groups is 1. The molecule has 0 aliphatic carbocycles. The van der Waals surface area contributed by atoms with Gasteiger partial charge in [0.1, 0.15) is 0 Å². The third kappa shape index (κ3) is 2.70. The molecule has 2 saturated heterocycles. The molecular formula is C12H22N4O. The molecule has 5 heteroatoms. The van der Waals surface area contributed by atoms with E-state index in [0.717, 1.165) is 26.1 Å². The summed E-state index contributed by atoms with van der Waals surface area (Å²) in [6.45, 7) is 8.52. The SMILES string of the molecule is CC(C)(C)N=C(N)N1CCN2C(=O)CCC2C1. The number of aliphatic imine (C=N–C) groups is 1. The lowest BCUT2D eigenvalue weighted by atomic mass is 10.1. The van der Waals surface area contributed by atoms with Gasteiger partial charge in [-0.25, -0.2) is 4.99 Å². The van der Waals surface area contributed by atoms with Gasteiger partial charge < -0.3 is 15.5 Å². The van der Waals surface area contributed by atoms with Gasteiger partial charge in [-0.1, -0.05) is 0 Å². The van der Waals surface area contributed by atoms with Crippen LogP contribution in [0.25, 0.3) is 0 Å². The Bertz CT molecular complexity index is 345. The molecule has 0 radical (unpaired) electrons. The zero-order chi connectivity index (χ0) is 12.6. The Morgan fingerprint density at radius 3 is 2.76 bits per heavy atom. The Morgan fingerprint density at radius 2 is 2.12 bits per heavy atom. The lowest BCUT2D eigenvalue weighted by molar-refractivity contribution is -0.130. The fourth-order valence-corrected chi connectivity index (χ4v) is 2.49. The molecular weight excluding hydrogens is 216 g/mol. The Kier molecular flexibility index (Phi) is 3.02. The minimum absolute atomic E-state index is 0.146. The lowest BCUT2D eigenvalue weighted by Gasteiger charge is -2.38. The number of nitrogens with zero attached hydrogens (tertiary/aromatic N) is 3. The largest absolute Gasteiger partial charge is 0.370 e. The molecule has 0 bridgehead atoms. The van der Waals surface area contributed by atoms with Crippen LogP contribution in [0.15, 0.2) is 4.99 Å². The molecule has 2 rings (SSSR count). The monoisotopic (exact) mass is 238 g/mol. The van der Waals surface area contributed by atoms with Crippen molar-refractivity contribution in [3.8, 4) is 0 Å². The maximum Gasteiger partial charge on any atom is 0.223 e. The van der Waals surface area contributed by atoms with E-state index >= 15 is 0 Å². The first-order chi connectivity index (χ1) is 7.87. The van der Waals surface area contributed by atoms with Crippen LogP contribution in [0, 0.1) is 0 Å². The molecule has 2 heterocycles. The number of hydrogen-bond donors (Lipinski definition) is 1. The first kappa shape index (κ1) is 12.2. The van der Waals surface area contributed by atoms with Crippen LogP contribution < -0.4 is 5.73 Å². The van der Waals surface area contributed by atoms with Gasteiger partial charge in [0.25, 0.3) is 0 Å². The van der Waals surface area contributed by atoms with Gasteiger partial charge in [-0.2, -0.15) is 0 Å². The fraction of sp³-hybridized carbons (Fsp3) is 0.833. The second-order valence-electron chi connectivity index (χ2n) is 5.87. The zero-order valence-corrected chi connectivity index (χ0v) is 10.9. The minimum atomic E-state index is -0.146. The molecule has 17 heavy (non-hydrogen) atoms. The second kappa shape index (κ2) is 4.20. The molecule has 2 N–H and O–H groups in total. The molecule has 0 saturated carbocycles. The van der Waals surface area contributed by atoms with Gasteiger partial charge in [-0.3, -0.25) is 4.79 Å². The van der Waals surface area contributed by atoms with E-state index in [1.807, 2.05) is 25.7 Å². The van der Waals surface area contributed by atoms with Gasteiger partial charge in [-0.15, -0.1) is 0 Å². The van der Waals surface area contributed by atoms with E-state index in [1.54, 1.807) is 0 Å². The first-order valence-electron chi connectivity index (χ1n) is 6.26. The minimum Gasteiger partial charge on any atom is -0.370 e. The number of carbonyl (C=O) groups excluding carboxylic acids is 1. The molecule has 96 valence electrons. The van der Waals surface area contributed by atoms with E-state index in [4.69, 9.17) is 5.73 Å². The predicted octanol–water partition coefficient (Wildman–Crippen LogP) is 0.406. The lowest BCUT2D eigenvalue weighted by Crippen LogP contribution is -2.55. The van der Waals surface area contributed by atoms with Crippen LogP contribution in [0.5, 0.6) is 0 Å². The summed E-state index contributed by atoms with van der Waals surface area (Å²) in [6, 6.07) is 0.338. The van der Waals surface area contributed by atoms with Crippen molar-refractivity contribution < 1.29 is 4.79 Å².